The Labute approximate surface area is 186 Å². The molecule has 1 fully saturated rings. The van der Waals surface area contributed by atoms with E-state index in [-0.39, 0.29) is 30.1 Å². The summed E-state index contributed by atoms with van der Waals surface area (Å²) in [5.41, 5.74) is 0. The number of nitrogens with one attached hydrogen (secondary N) is 2. The van der Waals surface area contributed by atoms with Crippen LogP contribution in [0.15, 0.2) is 28.7 Å². The number of aliphatic imine (C=N–C) groups is 1. The second kappa shape index (κ2) is 11.3. The second-order valence-corrected chi connectivity index (χ2v) is 8.68. The van der Waals surface area contributed by atoms with Gasteiger partial charge in [0.25, 0.3) is 0 Å². The number of ether oxygens (including phenoxy) is 1. The van der Waals surface area contributed by atoms with E-state index in [0.717, 1.165) is 37.2 Å². The van der Waals surface area contributed by atoms with Gasteiger partial charge >= 0.3 is 0 Å². The first-order valence-electron chi connectivity index (χ1n) is 8.90. The first kappa shape index (κ1) is 22.5. The summed E-state index contributed by atoms with van der Waals surface area (Å²) in [7, 11) is 1.80. The van der Waals surface area contributed by atoms with Crippen LogP contribution in [0, 0.1) is 6.92 Å². The summed E-state index contributed by atoms with van der Waals surface area (Å²) < 4.78 is 5.71. The Morgan fingerprint density at radius 3 is 2.96 bits per heavy atom. The molecular weight excluding hydrogens is 493 g/mol. The molecule has 0 amide bonds. The highest BCUT2D eigenvalue weighted by Crippen LogP contribution is 2.26. The van der Waals surface area contributed by atoms with Crippen LogP contribution in [0.4, 0.5) is 0 Å². The van der Waals surface area contributed by atoms with Gasteiger partial charge < -0.3 is 15.4 Å². The minimum Gasteiger partial charge on any atom is -0.376 e. The Bertz CT molecular complexity index is 706. The zero-order chi connectivity index (χ0) is 18.4. The van der Waals surface area contributed by atoms with Gasteiger partial charge in [0.2, 0.25) is 0 Å². The quantitative estimate of drug-likeness (QED) is 0.347. The van der Waals surface area contributed by atoms with Gasteiger partial charge in [0.1, 0.15) is 5.01 Å². The normalized spacial score (nSPS) is 19.4. The van der Waals surface area contributed by atoms with E-state index in [9.17, 15) is 0 Å². The molecule has 0 bridgehead atoms. The van der Waals surface area contributed by atoms with Crippen molar-refractivity contribution in [2.24, 2.45) is 4.99 Å². The zero-order valence-electron chi connectivity index (χ0n) is 16.0. The molecule has 1 aliphatic heterocycles. The van der Waals surface area contributed by atoms with Gasteiger partial charge in [-0.15, -0.1) is 46.7 Å². The molecule has 0 radical (unpaired) electrons. The van der Waals surface area contributed by atoms with Crippen LogP contribution in [-0.4, -0.2) is 55.2 Å². The predicted octanol–water partition coefficient (Wildman–Crippen LogP) is 3.26. The molecule has 0 aromatic carbocycles. The average Bonchev–Trinajstić information content (AvgIpc) is 3.30. The molecule has 0 spiro atoms. The molecule has 1 saturated heterocycles. The van der Waals surface area contributed by atoms with Crippen LogP contribution in [-0.2, 0) is 11.3 Å². The lowest BCUT2D eigenvalue weighted by Crippen LogP contribution is -2.47. The van der Waals surface area contributed by atoms with Crippen LogP contribution in [0.1, 0.15) is 27.7 Å². The molecule has 3 heterocycles. The minimum absolute atomic E-state index is 0. The van der Waals surface area contributed by atoms with Gasteiger partial charge in [0, 0.05) is 42.6 Å². The number of aryl methyl sites for hydroxylation is 1. The Morgan fingerprint density at radius 1 is 1.48 bits per heavy atom. The van der Waals surface area contributed by atoms with Crippen molar-refractivity contribution in [2.45, 2.75) is 32.5 Å². The molecule has 2 N–H and O–H groups in total. The van der Waals surface area contributed by atoms with Crippen molar-refractivity contribution in [1.29, 1.82) is 0 Å². The van der Waals surface area contributed by atoms with Gasteiger partial charge in [-0.1, -0.05) is 6.07 Å². The monoisotopic (exact) mass is 521 g/mol. The van der Waals surface area contributed by atoms with Gasteiger partial charge in [0.15, 0.2) is 5.96 Å². The molecule has 1 aliphatic rings. The van der Waals surface area contributed by atoms with Crippen LogP contribution in [0.3, 0.4) is 0 Å². The Hall–Kier alpha value is -0.750. The number of halogens is 1. The molecule has 0 aliphatic carbocycles. The van der Waals surface area contributed by atoms with E-state index in [1.165, 1.54) is 9.75 Å². The number of thiazole rings is 1. The molecule has 0 saturated carbocycles. The van der Waals surface area contributed by atoms with E-state index >= 15 is 0 Å². The maximum absolute atomic E-state index is 5.71. The van der Waals surface area contributed by atoms with Crippen molar-refractivity contribution in [3.63, 3.8) is 0 Å². The molecule has 9 heteroatoms. The van der Waals surface area contributed by atoms with Crippen molar-refractivity contribution >= 4 is 52.6 Å². The average molecular weight is 521 g/mol. The number of hydrogen-bond donors (Lipinski definition) is 2. The molecule has 3 rings (SSSR count). The topological polar surface area (TPSA) is 61.8 Å². The molecule has 27 heavy (non-hydrogen) atoms. The molecular formula is C18H28IN5OS2. The standard InChI is InChI=1S/C18H27N5OS2.HI/c1-13-12-23(6-7-24-13)15(16-5-4-8-25-16)10-21-18(19-3)22-11-17-20-9-14(2)26-17;/h4-5,8-9,13,15H,6-7,10-12H2,1-3H3,(H2,19,21,22);1H. The molecule has 2 aromatic heterocycles. The Kier molecular flexibility index (Phi) is 9.43. The first-order valence-corrected chi connectivity index (χ1v) is 10.6. The summed E-state index contributed by atoms with van der Waals surface area (Å²) in [4.78, 5) is 13.9. The molecule has 2 atom stereocenters. The number of aromatic nitrogens is 1. The molecule has 150 valence electrons. The third-order valence-corrected chi connectivity index (χ3v) is 6.23. The molecule has 2 aromatic rings. The Morgan fingerprint density at radius 2 is 2.33 bits per heavy atom. The third kappa shape index (κ3) is 6.67. The van der Waals surface area contributed by atoms with E-state index in [4.69, 9.17) is 4.74 Å². The van der Waals surface area contributed by atoms with Crippen LogP contribution < -0.4 is 10.6 Å². The number of nitrogens with zero attached hydrogens (tertiary/aromatic N) is 3. The molecule has 6 nitrogen and oxygen atoms in total. The largest absolute Gasteiger partial charge is 0.376 e. The maximum Gasteiger partial charge on any atom is 0.191 e. The summed E-state index contributed by atoms with van der Waals surface area (Å²) in [6, 6.07) is 4.66. The summed E-state index contributed by atoms with van der Waals surface area (Å²) in [5, 5.41) is 10.1. The Balaban J connectivity index is 0.00000261. The highest BCUT2D eigenvalue weighted by Gasteiger charge is 2.26. The second-order valence-electron chi connectivity index (χ2n) is 6.38. The van der Waals surface area contributed by atoms with Crippen LogP contribution in [0.2, 0.25) is 0 Å². The van der Waals surface area contributed by atoms with E-state index < -0.39 is 0 Å². The number of guanidine groups is 1. The highest BCUT2D eigenvalue weighted by atomic mass is 127. The lowest BCUT2D eigenvalue weighted by molar-refractivity contribution is -0.0334. The van der Waals surface area contributed by atoms with E-state index in [0.29, 0.717) is 12.6 Å². The van der Waals surface area contributed by atoms with E-state index in [2.05, 4.69) is 56.9 Å². The third-order valence-electron chi connectivity index (χ3n) is 4.35. The fourth-order valence-corrected chi connectivity index (χ4v) is 4.66. The van der Waals surface area contributed by atoms with Crippen LogP contribution in [0.5, 0.6) is 0 Å². The predicted molar refractivity (Wildman–Crippen MR) is 125 cm³/mol. The minimum atomic E-state index is 0. The zero-order valence-corrected chi connectivity index (χ0v) is 19.9. The maximum atomic E-state index is 5.71. The van der Waals surface area contributed by atoms with Crippen molar-refractivity contribution in [2.75, 3.05) is 33.3 Å². The van der Waals surface area contributed by atoms with Gasteiger partial charge in [-0.3, -0.25) is 9.89 Å². The van der Waals surface area contributed by atoms with Crippen molar-refractivity contribution < 1.29 is 4.74 Å². The summed E-state index contributed by atoms with van der Waals surface area (Å²) >= 11 is 3.52. The fraction of sp³-hybridized carbons (Fsp3) is 0.556. The fourth-order valence-electron chi connectivity index (χ4n) is 3.08. The molecule has 2 unspecified atom stereocenters. The van der Waals surface area contributed by atoms with E-state index in [1.807, 2.05) is 17.5 Å². The number of morpholine rings is 1. The lowest BCUT2D eigenvalue weighted by Gasteiger charge is -2.37. The highest BCUT2D eigenvalue weighted by molar-refractivity contribution is 14.0. The summed E-state index contributed by atoms with van der Waals surface area (Å²) in [6.45, 7) is 8.41. The number of rotatable bonds is 6. The smallest absolute Gasteiger partial charge is 0.191 e. The van der Waals surface area contributed by atoms with Crippen molar-refractivity contribution in [3.05, 3.63) is 38.5 Å². The SMILES string of the molecule is CN=C(NCc1ncc(C)s1)NCC(c1cccs1)N1CCOC(C)C1.I. The van der Waals surface area contributed by atoms with Crippen LogP contribution in [0.25, 0.3) is 0 Å². The van der Waals surface area contributed by atoms with Gasteiger partial charge in [-0.05, 0) is 25.3 Å². The van der Waals surface area contributed by atoms with Crippen molar-refractivity contribution in [3.8, 4) is 0 Å². The summed E-state index contributed by atoms with van der Waals surface area (Å²) in [6.07, 6.45) is 2.18. The first-order chi connectivity index (χ1) is 12.7. The van der Waals surface area contributed by atoms with Gasteiger partial charge in [0.05, 0.1) is 25.3 Å². The van der Waals surface area contributed by atoms with Crippen molar-refractivity contribution in [1.82, 2.24) is 20.5 Å². The van der Waals surface area contributed by atoms with Gasteiger partial charge in [-0.25, -0.2) is 4.98 Å². The number of hydrogen-bond acceptors (Lipinski definition) is 6. The summed E-state index contributed by atoms with van der Waals surface area (Å²) in [5.74, 6) is 0.806. The van der Waals surface area contributed by atoms with Gasteiger partial charge in [-0.2, -0.15) is 0 Å². The van der Waals surface area contributed by atoms with E-state index in [1.54, 1.807) is 18.4 Å². The lowest BCUT2D eigenvalue weighted by atomic mass is 10.1. The number of thiophene rings is 1. The van der Waals surface area contributed by atoms with Crippen LogP contribution >= 0.6 is 46.7 Å².